The minimum atomic E-state index is -0.424. The number of hydrogen-bond acceptors (Lipinski definition) is 4. The first-order chi connectivity index (χ1) is 8.10. The van der Waals surface area contributed by atoms with E-state index in [2.05, 4.69) is 10.3 Å². The number of hydrogen-bond donors (Lipinski definition) is 1. The molecule has 0 radical (unpaired) electrons. The molecular weight excluding hydrogens is 222 g/mol. The maximum atomic E-state index is 12.0. The quantitative estimate of drug-likeness (QED) is 0.816. The summed E-state index contributed by atoms with van der Waals surface area (Å²) in [4.78, 5) is 28.9. The van der Waals surface area contributed by atoms with Crippen molar-refractivity contribution in [2.45, 2.75) is 32.9 Å². The number of aryl methyl sites for hydroxylation is 1. The van der Waals surface area contributed by atoms with Crippen LogP contribution in [0.25, 0.3) is 0 Å². The van der Waals surface area contributed by atoms with Crippen LogP contribution in [-0.4, -0.2) is 34.3 Å². The van der Waals surface area contributed by atoms with Gasteiger partial charge in [0.15, 0.2) is 0 Å². The highest BCUT2D eigenvalue weighted by molar-refractivity contribution is 5.94. The number of aromatic nitrogens is 1. The summed E-state index contributed by atoms with van der Waals surface area (Å²) in [6.45, 7) is 3.96. The van der Waals surface area contributed by atoms with Gasteiger partial charge < -0.3 is 14.6 Å². The molecule has 1 saturated heterocycles. The van der Waals surface area contributed by atoms with E-state index in [1.54, 1.807) is 13.1 Å². The highest BCUT2D eigenvalue weighted by Crippen LogP contribution is 2.11. The Labute approximate surface area is 99.0 Å². The molecule has 6 heteroatoms. The Kier molecular flexibility index (Phi) is 3.12. The van der Waals surface area contributed by atoms with Crippen LogP contribution in [0.5, 0.6) is 0 Å². The van der Waals surface area contributed by atoms with Crippen LogP contribution in [0.4, 0.5) is 0 Å². The normalized spacial score (nSPS) is 20.6. The fraction of sp³-hybridized carbons (Fsp3) is 0.545. The topological polar surface area (TPSA) is 75.4 Å². The molecular formula is C11H15N3O3. The molecule has 6 nitrogen and oxygen atoms in total. The lowest BCUT2D eigenvalue weighted by Crippen LogP contribution is -2.57. The van der Waals surface area contributed by atoms with Gasteiger partial charge in [-0.1, -0.05) is 6.92 Å². The van der Waals surface area contributed by atoms with Crippen molar-refractivity contribution >= 4 is 11.8 Å². The molecule has 1 atom stereocenters. The lowest BCUT2D eigenvalue weighted by molar-refractivity contribution is -0.145. The average molecular weight is 237 g/mol. The molecule has 2 heterocycles. The Morgan fingerprint density at radius 3 is 2.94 bits per heavy atom. The Morgan fingerprint density at radius 2 is 2.35 bits per heavy atom. The highest BCUT2D eigenvalue weighted by atomic mass is 16.4. The number of nitrogens with one attached hydrogen (secondary N) is 1. The lowest BCUT2D eigenvalue weighted by atomic mass is 10.1. The molecule has 1 N–H and O–H groups in total. The first-order valence-corrected chi connectivity index (χ1v) is 5.59. The molecule has 1 fully saturated rings. The Morgan fingerprint density at radius 1 is 1.59 bits per heavy atom. The summed E-state index contributed by atoms with van der Waals surface area (Å²) >= 11 is 0. The monoisotopic (exact) mass is 237 g/mol. The van der Waals surface area contributed by atoms with Crippen LogP contribution >= 0.6 is 0 Å². The number of carbonyl (C=O) groups excluding carboxylic acids is 2. The van der Waals surface area contributed by atoms with Gasteiger partial charge in [0.25, 0.3) is 0 Å². The van der Waals surface area contributed by atoms with Gasteiger partial charge in [0, 0.05) is 0 Å². The van der Waals surface area contributed by atoms with Crippen LogP contribution in [-0.2, 0) is 16.1 Å². The predicted octanol–water partition coefficient (Wildman–Crippen LogP) is 0.220. The summed E-state index contributed by atoms with van der Waals surface area (Å²) in [5, 5.41) is 2.66. The molecule has 1 aromatic rings. The van der Waals surface area contributed by atoms with Crippen molar-refractivity contribution in [3.05, 3.63) is 17.8 Å². The second-order valence-corrected chi connectivity index (χ2v) is 4.09. The van der Waals surface area contributed by atoms with Crippen molar-refractivity contribution < 1.29 is 14.0 Å². The summed E-state index contributed by atoms with van der Waals surface area (Å²) in [7, 11) is 0. The largest absolute Gasteiger partial charge is 0.444 e. The van der Waals surface area contributed by atoms with E-state index in [1.807, 2.05) is 6.92 Å². The molecule has 2 rings (SSSR count). The van der Waals surface area contributed by atoms with E-state index in [0.29, 0.717) is 18.1 Å². The third-order valence-corrected chi connectivity index (χ3v) is 2.68. The van der Waals surface area contributed by atoms with E-state index in [4.69, 9.17) is 4.42 Å². The number of carbonyl (C=O) groups is 2. The number of rotatable bonds is 3. The standard InChI is InChI=1S/C11H15N3O3/c1-3-8-11(16)14(5-9(15)13-8)6-10-12-4-7(2)17-10/h4,8H,3,5-6H2,1-2H3,(H,13,15). The maximum absolute atomic E-state index is 12.0. The molecule has 0 aliphatic carbocycles. The summed E-state index contributed by atoms with van der Waals surface area (Å²) in [6.07, 6.45) is 2.19. The van der Waals surface area contributed by atoms with E-state index in [0.717, 1.165) is 0 Å². The highest BCUT2D eigenvalue weighted by Gasteiger charge is 2.31. The van der Waals surface area contributed by atoms with E-state index in [-0.39, 0.29) is 24.9 Å². The van der Waals surface area contributed by atoms with Gasteiger partial charge in [-0.05, 0) is 13.3 Å². The fourth-order valence-corrected chi connectivity index (χ4v) is 1.82. The fourth-order valence-electron chi connectivity index (χ4n) is 1.82. The molecule has 1 unspecified atom stereocenters. The van der Waals surface area contributed by atoms with Crippen LogP contribution < -0.4 is 5.32 Å². The Balaban J connectivity index is 2.09. The van der Waals surface area contributed by atoms with E-state index in [1.165, 1.54) is 4.90 Å². The summed E-state index contributed by atoms with van der Waals surface area (Å²) in [6, 6.07) is -0.424. The molecule has 17 heavy (non-hydrogen) atoms. The van der Waals surface area contributed by atoms with Crippen LogP contribution in [0, 0.1) is 6.92 Å². The first-order valence-electron chi connectivity index (χ1n) is 5.59. The van der Waals surface area contributed by atoms with Gasteiger partial charge in [-0.25, -0.2) is 4.98 Å². The van der Waals surface area contributed by atoms with Crippen molar-refractivity contribution in [3.63, 3.8) is 0 Å². The third-order valence-electron chi connectivity index (χ3n) is 2.68. The van der Waals surface area contributed by atoms with Gasteiger partial charge in [-0.2, -0.15) is 0 Å². The van der Waals surface area contributed by atoms with Gasteiger partial charge >= 0.3 is 0 Å². The van der Waals surface area contributed by atoms with Gasteiger partial charge in [-0.15, -0.1) is 0 Å². The van der Waals surface area contributed by atoms with Gasteiger partial charge in [0.05, 0.1) is 12.7 Å². The van der Waals surface area contributed by atoms with Crippen LogP contribution in [0.1, 0.15) is 25.0 Å². The smallest absolute Gasteiger partial charge is 0.246 e. The van der Waals surface area contributed by atoms with Crippen molar-refractivity contribution in [2.24, 2.45) is 0 Å². The second kappa shape index (κ2) is 4.57. The number of oxazole rings is 1. The average Bonchev–Trinajstić information content (AvgIpc) is 2.69. The molecule has 0 aromatic carbocycles. The molecule has 92 valence electrons. The molecule has 1 aromatic heterocycles. The first kappa shape index (κ1) is 11.6. The number of nitrogens with zero attached hydrogens (tertiary/aromatic N) is 2. The zero-order valence-corrected chi connectivity index (χ0v) is 9.90. The van der Waals surface area contributed by atoms with Crippen LogP contribution in [0.2, 0.25) is 0 Å². The van der Waals surface area contributed by atoms with Crippen molar-refractivity contribution in [2.75, 3.05) is 6.54 Å². The molecule has 0 spiro atoms. The molecule has 2 amide bonds. The van der Waals surface area contributed by atoms with Crippen molar-refractivity contribution in [1.29, 1.82) is 0 Å². The molecule has 0 bridgehead atoms. The van der Waals surface area contributed by atoms with Gasteiger partial charge in [0.2, 0.25) is 17.7 Å². The maximum Gasteiger partial charge on any atom is 0.246 e. The van der Waals surface area contributed by atoms with E-state index < -0.39 is 6.04 Å². The van der Waals surface area contributed by atoms with Gasteiger partial charge in [0.1, 0.15) is 18.3 Å². The number of piperazine rings is 1. The summed E-state index contributed by atoms with van der Waals surface area (Å²) < 4.78 is 5.30. The van der Waals surface area contributed by atoms with Crippen LogP contribution in [0.3, 0.4) is 0 Å². The van der Waals surface area contributed by atoms with Crippen molar-refractivity contribution in [3.8, 4) is 0 Å². The second-order valence-electron chi connectivity index (χ2n) is 4.09. The van der Waals surface area contributed by atoms with Gasteiger partial charge in [-0.3, -0.25) is 9.59 Å². The molecule has 1 aliphatic rings. The number of amides is 2. The van der Waals surface area contributed by atoms with Crippen molar-refractivity contribution in [1.82, 2.24) is 15.2 Å². The van der Waals surface area contributed by atoms with E-state index in [9.17, 15) is 9.59 Å². The molecule has 1 aliphatic heterocycles. The minimum absolute atomic E-state index is 0.0662. The zero-order chi connectivity index (χ0) is 12.4. The Bertz CT molecular complexity index is 441. The third kappa shape index (κ3) is 2.46. The van der Waals surface area contributed by atoms with Crippen LogP contribution in [0.15, 0.2) is 10.6 Å². The molecule has 0 saturated carbocycles. The zero-order valence-electron chi connectivity index (χ0n) is 9.90. The minimum Gasteiger partial charge on any atom is -0.444 e. The SMILES string of the molecule is CCC1NC(=O)CN(Cc2ncc(C)o2)C1=O. The van der Waals surface area contributed by atoms with E-state index >= 15 is 0 Å². The Hall–Kier alpha value is -1.85. The predicted molar refractivity (Wildman–Crippen MR) is 58.9 cm³/mol. The lowest BCUT2D eigenvalue weighted by Gasteiger charge is -2.31. The summed E-state index contributed by atoms with van der Waals surface area (Å²) in [5.74, 6) is 0.934. The summed E-state index contributed by atoms with van der Waals surface area (Å²) in [5.41, 5.74) is 0.